The summed E-state index contributed by atoms with van der Waals surface area (Å²) in [7, 11) is -2.48. The second-order valence-electron chi connectivity index (χ2n) is 6.34. The van der Waals surface area contributed by atoms with Crippen LogP contribution in [0.3, 0.4) is 0 Å². The Balaban J connectivity index is 1.88. The molecule has 0 fully saturated rings. The molecule has 0 radical (unpaired) electrons. The van der Waals surface area contributed by atoms with Gasteiger partial charge < -0.3 is 20.3 Å². The predicted molar refractivity (Wildman–Crippen MR) is 115 cm³/mol. The van der Waals surface area contributed by atoms with E-state index < -0.39 is 16.0 Å². The van der Waals surface area contributed by atoms with E-state index in [4.69, 9.17) is 20.6 Å². The molecule has 0 aliphatic carbocycles. The first kappa shape index (κ1) is 21.7. The Morgan fingerprint density at radius 2 is 1.74 bits per heavy atom. The Bertz CT molecular complexity index is 1240. The van der Waals surface area contributed by atoms with Crippen molar-refractivity contribution in [2.45, 2.75) is 4.90 Å². The second-order valence-corrected chi connectivity index (χ2v) is 8.02. The molecular weight excluding hydrogens is 422 g/mol. The van der Waals surface area contributed by atoms with Crippen molar-refractivity contribution in [3.63, 3.8) is 0 Å². The summed E-state index contributed by atoms with van der Waals surface area (Å²) in [4.78, 5) is 11.7. The molecule has 0 aliphatic heterocycles. The van der Waals surface area contributed by atoms with Crippen LogP contribution in [0, 0.1) is 5.41 Å². The van der Waals surface area contributed by atoms with Crippen LogP contribution in [0.5, 0.6) is 17.2 Å². The maximum Gasteiger partial charge on any atom is 0.339 e. The number of carbonyl (C=O) groups is 1. The molecule has 0 amide bonds. The number of anilines is 1. The molecule has 0 bridgehead atoms. The van der Waals surface area contributed by atoms with E-state index in [0.717, 1.165) is 6.07 Å². The number of hydrogen-bond acceptors (Lipinski definition) is 6. The standard InChI is InChI=1S/C21H19N3O6S/c1-29-15-6-8-17(9-7-15)31(27,28)24-14-5-10-19(18(12-14)21(25)26)30-16-4-2-3-13(11-16)20(22)23/h2-12,24H,1H3,(H3,22,23)(H,25,26). The number of rotatable bonds is 8. The van der Waals surface area contributed by atoms with Gasteiger partial charge in [-0.1, -0.05) is 12.1 Å². The quantitative estimate of drug-likeness (QED) is 0.309. The molecule has 0 saturated heterocycles. The maximum atomic E-state index is 12.6. The van der Waals surface area contributed by atoms with Crippen molar-refractivity contribution in [1.29, 1.82) is 5.41 Å². The first-order valence-corrected chi connectivity index (χ1v) is 10.3. The number of ether oxygens (including phenoxy) is 2. The first-order chi connectivity index (χ1) is 14.7. The third-order valence-corrected chi connectivity index (χ3v) is 5.60. The number of methoxy groups -OCH3 is 1. The number of nitrogen functional groups attached to an aromatic ring is 1. The van der Waals surface area contributed by atoms with E-state index in [1.54, 1.807) is 18.2 Å². The maximum absolute atomic E-state index is 12.6. The van der Waals surface area contributed by atoms with Crippen LogP contribution >= 0.6 is 0 Å². The van der Waals surface area contributed by atoms with Crippen molar-refractivity contribution >= 4 is 27.5 Å². The van der Waals surface area contributed by atoms with Crippen molar-refractivity contribution in [2.75, 3.05) is 11.8 Å². The SMILES string of the molecule is COc1ccc(S(=O)(=O)Nc2ccc(Oc3cccc(C(=N)N)c3)c(C(=O)O)c2)cc1. The van der Waals surface area contributed by atoms with Crippen molar-refractivity contribution in [3.05, 3.63) is 77.9 Å². The van der Waals surface area contributed by atoms with Gasteiger partial charge >= 0.3 is 5.97 Å². The Morgan fingerprint density at radius 1 is 1.03 bits per heavy atom. The van der Waals surface area contributed by atoms with E-state index >= 15 is 0 Å². The minimum absolute atomic E-state index is 0.000553. The summed E-state index contributed by atoms with van der Waals surface area (Å²) in [5, 5.41) is 17.0. The Morgan fingerprint density at radius 3 is 2.35 bits per heavy atom. The number of nitrogens with one attached hydrogen (secondary N) is 2. The van der Waals surface area contributed by atoms with Gasteiger partial charge in [0.1, 0.15) is 28.6 Å². The number of aromatic carboxylic acids is 1. The highest BCUT2D eigenvalue weighted by Crippen LogP contribution is 2.29. The summed E-state index contributed by atoms with van der Waals surface area (Å²) >= 11 is 0. The molecule has 31 heavy (non-hydrogen) atoms. The topological polar surface area (TPSA) is 152 Å². The summed E-state index contributed by atoms with van der Waals surface area (Å²) in [6.45, 7) is 0. The Labute approximate surface area is 178 Å². The average Bonchev–Trinajstić information content (AvgIpc) is 2.74. The molecule has 9 nitrogen and oxygen atoms in total. The summed E-state index contributed by atoms with van der Waals surface area (Å²) in [6.07, 6.45) is 0. The van der Waals surface area contributed by atoms with E-state index in [1.807, 2.05) is 0 Å². The molecule has 3 aromatic carbocycles. The fourth-order valence-electron chi connectivity index (χ4n) is 2.67. The van der Waals surface area contributed by atoms with Crippen LogP contribution < -0.4 is 19.9 Å². The number of benzene rings is 3. The number of carboxylic acids is 1. The molecular formula is C21H19N3O6S. The zero-order valence-electron chi connectivity index (χ0n) is 16.3. The Kier molecular flexibility index (Phi) is 6.12. The lowest BCUT2D eigenvalue weighted by Gasteiger charge is -2.13. The molecule has 160 valence electrons. The third-order valence-electron chi connectivity index (χ3n) is 4.20. The van der Waals surface area contributed by atoms with E-state index in [2.05, 4.69) is 4.72 Å². The van der Waals surface area contributed by atoms with E-state index in [9.17, 15) is 18.3 Å². The van der Waals surface area contributed by atoms with Gasteiger partial charge in [0.25, 0.3) is 10.0 Å². The van der Waals surface area contributed by atoms with Crippen LogP contribution in [-0.2, 0) is 10.0 Å². The van der Waals surface area contributed by atoms with Crippen LogP contribution in [-0.4, -0.2) is 32.4 Å². The number of carboxylic acid groups (broad SMARTS) is 1. The monoisotopic (exact) mass is 441 g/mol. The van der Waals surface area contributed by atoms with Gasteiger partial charge in [-0.3, -0.25) is 10.1 Å². The summed E-state index contributed by atoms with van der Waals surface area (Å²) in [5.74, 6) is -0.680. The zero-order valence-corrected chi connectivity index (χ0v) is 17.1. The molecule has 0 aromatic heterocycles. The van der Waals surface area contributed by atoms with E-state index in [-0.39, 0.29) is 33.5 Å². The minimum Gasteiger partial charge on any atom is -0.497 e. The number of sulfonamides is 1. The fourth-order valence-corrected chi connectivity index (χ4v) is 3.72. The number of amidine groups is 1. The normalized spacial score (nSPS) is 10.9. The lowest BCUT2D eigenvalue weighted by molar-refractivity contribution is 0.0694. The highest BCUT2D eigenvalue weighted by Gasteiger charge is 2.18. The lowest BCUT2D eigenvalue weighted by Crippen LogP contribution is -2.13. The summed E-state index contributed by atoms with van der Waals surface area (Å²) < 4.78 is 38.2. The number of hydrogen-bond donors (Lipinski definition) is 4. The van der Waals surface area contributed by atoms with Crippen molar-refractivity contribution in [3.8, 4) is 17.2 Å². The van der Waals surface area contributed by atoms with E-state index in [0.29, 0.717) is 11.3 Å². The van der Waals surface area contributed by atoms with Crippen molar-refractivity contribution in [2.24, 2.45) is 5.73 Å². The van der Waals surface area contributed by atoms with Gasteiger partial charge in [0, 0.05) is 11.3 Å². The van der Waals surface area contributed by atoms with Gasteiger partial charge in [0.05, 0.1) is 12.0 Å². The van der Waals surface area contributed by atoms with Crippen molar-refractivity contribution in [1.82, 2.24) is 0 Å². The largest absolute Gasteiger partial charge is 0.497 e. The summed E-state index contributed by atoms with van der Waals surface area (Å²) in [5.41, 5.74) is 5.68. The number of nitrogens with two attached hydrogens (primary N) is 1. The van der Waals surface area contributed by atoms with Gasteiger partial charge in [0.2, 0.25) is 0 Å². The first-order valence-electron chi connectivity index (χ1n) is 8.86. The van der Waals surface area contributed by atoms with Gasteiger partial charge in [0.15, 0.2) is 0 Å². The van der Waals surface area contributed by atoms with Gasteiger partial charge in [-0.25, -0.2) is 13.2 Å². The second kappa shape index (κ2) is 8.76. The molecule has 0 saturated carbocycles. The smallest absolute Gasteiger partial charge is 0.339 e. The van der Waals surface area contributed by atoms with Crippen molar-refractivity contribution < 1.29 is 27.8 Å². The highest BCUT2D eigenvalue weighted by atomic mass is 32.2. The van der Waals surface area contributed by atoms with Crippen LogP contribution in [0.1, 0.15) is 15.9 Å². The van der Waals surface area contributed by atoms with Gasteiger partial charge in [-0.05, 0) is 54.6 Å². The molecule has 0 atom stereocenters. The summed E-state index contributed by atoms with van der Waals surface area (Å²) in [6, 6.07) is 16.0. The van der Waals surface area contributed by atoms with Crippen LogP contribution in [0.2, 0.25) is 0 Å². The Hall–Kier alpha value is -4.05. The minimum atomic E-state index is -3.94. The third kappa shape index (κ3) is 5.11. The molecule has 0 aliphatic rings. The fraction of sp³-hybridized carbons (Fsp3) is 0.0476. The molecule has 3 aromatic rings. The van der Waals surface area contributed by atoms with Gasteiger partial charge in [-0.15, -0.1) is 0 Å². The van der Waals surface area contributed by atoms with Crippen LogP contribution in [0.4, 0.5) is 5.69 Å². The highest BCUT2D eigenvalue weighted by molar-refractivity contribution is 7.92. The molecule has 0 heterocycles. The van der Waals surface area contributed by atoms with Gasteiger partial charge in [-0.2, -0.15) is 0 Å². The van der Waals surface area contributed by atoms with Crippen LogP contribution in [0.25, 0.3) is 0 Å². The molecule has 5 N–H and O–H groups in total. The molecule has 0 unspecified atom stereocenters. The molecule has 0 spiro atoms. The average molecular weight is 441 g/mol. The zero-order chi connectivity index (χ0) is 22.6. The molecule has 3 rings (SSSR count). The van der Waals surface area contributed by atoms with E-state index in [1.165, 1.54) is 49.6 Å². The molecule has 10 heteroatoms. The predicted octanol–water partition coefficient (Wildman–Crippen LogP) is 3.27. The lowest BCUT2D eigenvalue weighted by atomic mass is 10.1. The van der Waals surface area contributed by atoms with Crippen LogP contribution in [0.15, 0.2) is 71.6 Å².